The molecule has 3 heteroatoms. The monoisotopic (exact) mass is 172 g/mol. The van der Waals surface area contributed by atoms with Crippen LogP contribution < -0.4 is 0 Å². The van der Waals surface area contributed by atoms with E-state index in [2.05, 4.69) is 13.8 Å². The fourth-order valence-corrected chi connectivity index (χ4v) is 1.71. The number of hydrogen-bond acceptors (Lipinski definition) is 3. The topological polar surface area (TPSA) is 35.5 Å². The van der Waals surface area contributed by atoms with E-state index in [0.717, 1.165) is 25.7 Å². The molecule has 1 aliphatic heterocycles. The summed E-state index contributed by atoms with van der Waals surface area (Å²) >= 11 is 0. The second-order valence-electron chi connectivity index (χ2n) is 3.32. The van der Waals surface area contributed by atoms with Gasteiger partial charge in [0.05, 0.1) is 0 Å². The average Bonchev–Trinajstić information content (AvgIpc) is 2.34. The summed E-state index contributed by atoms with van der Waals surface area (Å²) in [6.45, 7) is 4.61. The van der Waals surface area contributed by atoms with Crippen molar-refractivity contribution in [2.24, 2.45) is 0 Å². The van der Waals surface area contributed by atoms with Gasteiger partial charge in [0.1, 0.15) is 12.2 Å². The van der Waals surface area contributed by atoms with E-state index in [1.54, 1.807) is 0 Å². The van der Waals surface area contributed by atoms with Gasteiger partial charge < -0.3 is 9.47 Å². The summed E-state index contributed by atoms with van der Waals surface area (Å²) in [7, 11) is 0. The van der Waals surface area contributed by atoms with Crippen molar-refractivity contribution in [1.29, 1.82) is 0 Å². The van der Waals surface area contributed by atoms with Crippen LogP contribution in [0.4, 0.5) is 4.79 Å². The minimum atomic E-state index is -0.503. The molecule has 12 heavy (non-hydrogen) atoms. The molecule has 0 bridgehead atoms. The van der Waals surface area contributed by atoms with Gasteiger partial charge in [0.15, 0.2) is 0 Å². The molecule has 1 fully saturated rings. The Kier molecular flexibility index (Phi) is 2.95. The second kappa shape index (κ2) is 3.78. The first kappa shape index (κ1) is 9.36. The highest BCUT2D eigenvalue weighted by Gasteiger charge is 2.40. The van der Waals surface area contributed by atoms with Crippen LogP contribution in [0.3, 0.4) is 0 Å². The summed E-state index contributed by atoms with van der Waals surface area (Å²) in [5.41, 5.74) is -0.305. The fraction of sp³-hybridized carbons (Fsp3) is 0.889. The highest BCUT2D eigenvalue weighted by atomic mass is 16.8. The summed E-state index contributed by atoms with van der Waals surface area (Å²) in [6, 6.07) is 0. The predicted octanol–water partition coefficient (Wildman–Crippen LogP) is 2.49. The van der Waals surface area contributed by atoms with Crippen molar-refractivity contribution < 1.29 is 14.3 Å². The van der Waals surface area contributed by atoms with Crippen molar-refractivity contribution in [1.82, 2.24) is 0 Å². The number of ether oxygens (including phenoxy) is 2. The number of hydrogen-bond donors (Lipinski definition) is 0. The Bertz CT molecular complexity index is 159. The molecule has 0 atom stereocenters. The smallest absolute Gasteiger partial charge is 0.430 e. The molecule has 3 nitrogen and oxygen atoms in total. The van der Waals surface area contributed by atoms with E-state index in [9.17, 15) is 4.79 Å². The maximum absolute atomic E-state index is 10.8. The van der Waals surface area contributed by atoms with Gasteiger partial charge in [-0.25, -0.2) is 4.79 Å². The Hall–Kier alpha value is -0.730. The Morgan fingerprint density at radius 1 is 1.33 bits per heavy atom. The largest absolute Gasteiger partial charge is 0.509 e. The zero-order chi connectivity index (χ0) is 9.03. The van der Waals surface area contributed by atoms with E-state index < -0.39 is 6.16 Å². The Balaban J connectivity index is 2.54. The van der Waals surface area contributed by atoms with Crippen molar-refractivity contribution in [3.8, 4) is 0 Å². The first-order chi connectivity index (χ1) is 5.72. The molecular weight excluding hydrogens is 156 g/mol. The quantitative estimate of drug-likeness (QED) is 0.611. The molecule has 0 radical (unpaired) electrons. The van der Waals surface area contributed by atoms with Gasteiger partial charge in [0.25, 0.3) is 0 Å². The van der Waals surface area contributed by atoms with Gasteiger partial charge in [-0.05, 0) is 12.8 Å². The lowest BCUT2D eigenvalue weighted by molar-refractivity contribution is 0.0412. The summed E-state index contributed by atoms with van der Waals surface area (Å²) in [5.74, 6) is 0. The Morgan fingerprint density at radius 3 is 2.25 bits per heavy atom. The molecule has 0 N–H and O–H groups in total. The molecule has 0 aromatic rings. The molecule has 0 aromatic heterocycles. The SMILES string of the molecule is CCCC1(CCC)COC(=O)O1. The standard InChI is InChI=1S/C9H16O3/c1-3-5-9(6-4-2)7-11-8(10)12-9/h3-7H2,1-2H3. The minimum absolute atomic E-state index is 0.305. The molecule has 0 saturated carbocycles. The third-order valence-corrected chi connectivity index (χ3v) is 2.16. The van der Waals surface area contributed by atoms with Crippen LogP contribution in [-0.2, 0) is 9.47 Å². The van der Waals surface area contributed by atoms with Crippen molar-refractivity contribution >= 4 is 6.16 Å². The minimum Gasteiger partial charge on any atom is -0.430 e. The van der Waals surface area contributed by atoms with Gasteiger partial charge in [0.2, 0.25) is 0 Å². The Labute approximate surface area is 73.0 Å². The zero-order valence-electron chi connectivity index (χ0n) is 7.76. The van der Waals surface area contributed by atoms with Gasteiger partial charge in [-0.15, -0.1) is 0 Å². The van der Waals surface area contributed by atoms with Crippen LogP contribution in [0.25, 0.3) is 0 Å². The molecule has 1 heterocycles. The van der Waals surface area contributed by atoms with E-state index in [0.29, 0.717) is 6.61 Å². The lowest BCUT2D eigenvalue weighted by atomic mass is 9.94. The molecule has 0 amide bonds. The molecule has 70 valence electrons. The van der Waals surface area contributed by atoms with Crippen molar-refractivity contribution in [2.45, 2.75) is 45.1 Å². The van der Waals surface area contributed by atoms with Crippen molar-refractivity contribution in [2.75, 3.05) is 6.61 Å². The van der Waals surface area contributed by atoms with Crippen LogP contribution >= 0.6 is 0 Å². The molecule has 1 aliphatic rings. The normalized spacial score (nSPS) is 20.3. The summed E-state index contributed by atoms with van der Waals surface area (Å²) in [6.07, 6.45) is 3.36. The maximum atomic E-state index is 10.8. The van der Waals surface area contributed by atoms with Crippen LogP contribution in [0.2, 0.25) is 0 Å². The van der Waals surface area contributed by atoms with Gasteiger partial charge in [-0.1, -0.05) is 26.7 Å². The third-order valence-electron chi connectivity index (χ3n) is 2.16. The zero-order valence-corrected chi connectivity index (χ0v) is 7.76. The van der Waals surface area contributed by atoms with E-state index in [1.165, 1.54) is 0 Å². The molecule has 1 saturated heterocycles. The van der Waals surface area contributed by atoms with Gasteiger partial charge in [-0.2, -0.15) is 0 Å². The first-order valence-electron chi connectivity index (χ1n) is 4.58. The summed E-state index contributed by atoms with van der Waals surface area (Å²) in [4.78, 5) is 10.8. The number of cyclic esters (lactones) is 2. The van der Waals surface area contributed by atoms with Crippen LogP contribution in [0.5, 0.6) is 0 Å². The van der Waals surface area contributed by atoms with Gasteiger partial charge >= 0.3 is 6.16 Å². The van der Waals surface area contributed by atoms with Gasteiger partial charge in [0, 0.05) is 0 Å². The van der Waals surface area contributed by atoms with E-state index in [4.69, 9.17) is 9.47 Å². The Morgan fingerprint density at radius 2 is 1.92 bits per heavy atom. The highest BCUT2D eigenvalue weighted by molar-refractivity contribution is 5.62. The predicted molar refractivity (Wildman–Crippen MR) is 45.0 cm³/mol. The fourth-order valence-electron chi connectivity index (χ4n) is 1.71. The lowest BCUT2D eigenvalue weighted by Gasteiger charge is -2.23. The second-order valence-corrected chi connectivity index (χ2v) is 3.32. The van der Waals surface area contributed by atoms with Gasteiger partial charge in [-0.3, -0.25) is 0 Å². The van der Waals surface area contributed by atoms with Crippen LogP contribution in [0.15, 0.2) is 0 Å². The summed E-state index contributed by atoms with van der Waals surface area (Å²) < 4.78 is 9.98. The molecule has 0 aromatic carbocycles. The highest BCUT2D eigenvalue weighted by Crippen LogP contribution is 2.29. The van der Waals surface area contributed by atoms with Crippen molar-refractivity contribution in [3.63, 3.8) is 0 Å². The van der Waals surface area contributed by atoms with E-state index in [1.807, 2.05) is 0 Å². The first-order valence-corrected chi connectivity index (χ1v) is 4.58. The molecular formula is C9H16O3. The van der Waals surface area contributed by atoms with Crippen molar-refractivity contribution in [3.05, 3.63) is 0 Å². The van der Waals surface area contributed by atoms with E-state index in [-0.39, 0.29) is 5.60 Å². The number of carbonyl (C=O) groups is 1. The lowest BCUT2D eigenvalue weighted by Crippen LogP contribution is -2.31. The number of rotatable bonds is 4. The average molecular weight is 172 g/mol. The van der Waals surface area contributed by atoms with Crippen LogP contribution in [-0.4, -0.2) is 18.4 Å². The van der Waals surface area contributed by atoms with Crippen LogP contribution in [0, 0.1) is 0 Å². The molecule has 0 unspecified atom stereocenters. The summed E-state index contributed by atoms with van der Waals surface area (Å²) in [5, 5.41) is 0. The number of carbonyl (C=O) groups excluding carboxylic acids is 1. The molecule has 1 rings (SSSR count). The molecule has 0 aliphatic carbocycles. The van der Waals surface area contributed by atoms with E-state index >= 15 is 0 Å². The maximum Gasteiger partial charge on any atom is 0.509 e. The van der Waals surface area contributed by atoms with Crippen LogP contribution in [0.1, 0.15) is 39.5 Å². The third kappa shape index (κ3) is 1.90. The molecule has 0 spiro atoms.